The van der Waals surface area contributed by atoms with E-state index in [9.17, 15) is 14.4 Å². The average Bonchev–Trinajstić information content (AvgIpc) is 3.26. The molecule has 0 radical (unpaired) electrons. The van der Waals surface area contributed by atoms with Gasteiger partial charge in [0.15, 0.2) is 0 Å². The number of hydrogen-bond donors (Lipinski definition) is 0. The summed E-state index contributed by atoms with van der Waals surface area (Å²) in [5.41, 5.74) is 2.12. The summed E-state index contributed by atoms with van der Waals surface area (Å²) in [6.07, 6.45) is 0. The number of hydrogen-bond acceptors (Lipinski definition) is 4. The summed E-state index contributed by atoms with van der Waals surface area (Å²) >= 11 is 11.4. The van der Waals surface area contributed by atoms with Gasteiger partial charge in [-0.2, -0.15) is 0 Å². The highest BCUT2D eigenvalue weighted by molar-refractivity contribution is 9.10. The zero-order valence-corrected chi connectivity index (χ0v) is 20.5. The molecule has 5 rings (SSSR count). The molecule has 0 unspecified atom stereocenters. The Hall–Kier alpha value is -3.00. The minimum atomic E-state index is -0.423. The molecule has 1 aliphatic rings. The van der Waals surface area contributed by atoms with Gasteiger partial charge in [0.1, 0.15) is 11.5 Å². The molecule has 1 aromatic heterocycles. The summed E-state index contributed by atoms with van der Waals surface area (Å²) in [5.74, 6) is -1.22. The summed E-state index contributed by atoms with van der Waals surface area (Å²) in [7, 11) is 0. The Balaban J connectivity index is 1.59. The molecule has 3 aromatic carbocycles. The van der Waals surface area contributed by atoms with E-state index in [1.807, 2.05) is 43.3 Å². The summed E-state index contributed by atoms with van der Waals surface area (Å²) in [6.45, 7) is 1.66. The first kappa shape index (κ1) is 21.8. The van der Waals surface area contributed by atoms with Crippen LogP contribution >= 0.6 is 38.9 Å². The molecule has 4 aromatic rings. The SMILES string of the molecule is Cc1ccccc1N(CN1C(=O)c2ccccc2C1=O)C(=O)c1sc2cc(Br)ccc2c1Cl. The van der Waals surface area contributed by atoms with Gasteiger partial charge in [-0.15, -0.1) is 11.3 Å². The Bertz CT molecular complexity index is 1430. The second-order valence-corrected chi connectivity index (χ2v) is 9.98. The topological polar surface area (TPSA) is 57.7 Å². The lowest BCUT2D eigenvalue weighted by Crippen LogP contribution is -2.44. The Kier molecular flexibility index (Phi) is 5.56. The van der Waals surface area contributed by atoms with Crippen LogP contribution in [0.25, 0.3) is 10.1 Å². The van der Waals surface area contributed by atoms with Crippen LogP contribution in [0, 0.1) is 6.92 Å². The maximum absolute atomic E-state index is 13.8. The van der Waals surface area contributed by atoms with Crippen LogP contribution in [0.5, 0.6) is 0 Å². The Morgan fingerprint density at radius 1 is 1.00 bits per heavy atom. The number of amides is 3. The van der Waals surface area contributed by atoms with Crippen molar-refractivity contribution in [3.05, 3.63) is 97.8 Å². The maximum Gasteiger partial charge on any atom is 0.271 e. The van der Waals surface area contributed by atoms with E-state index in [1.54, 1.807) is 30.3 Å². The van der Waals surface area contributed by atoms with Gasteiger partial charge in [-0.25, -0.2) is 0 Å². The summed E-state index contributed by atoms with van der Waals surface area (Å²) in [4.78, 5) is 42.7. The standard InChI is InChI=1S/C25H16BrClN2O3S/c1-14-6-2-5-9-19(14)28(13-29-23(30)16-7-3-4-8-17(16)24(29)31)25(32)22-21(27)18-11-10-15(26)12-20(18)33-22/h2-12H,13H2,1H3. The molecule has 164 valence electrons. The number of carbonyl (C=O) groups excluding carboxylic acids is 3. The number of benzene rings is 3. The van der Waals surface area contributed by atoms with Gasteiger partial charge in [-0.3, -0.25) is 24.2 Å². The summed E-state index contributed by atoms with van der Waals surface area (Å²) < 4.78 is 1.75. The molecule has 0 N–H and O–H groups in total. The fourth-order valence-electron chi connectivity index (χ4n) is 3.92. The van der Waals surface area contributed by atoms with Crippen molar-refractivity contribution in [3.63, 3.8) is 0 Å². The van der Waals surface area contributed by atoms with Crippen LogP contribution in [0.3, 0.4) is 0 Å². The summed E-state index contributed by atoms with van der Waals surface area (Å²) in [5, 5.41) is 1.13. The van der Waals surface area contributed by atoms with Crippen LogP contribution in [0.15, 0.2) is 71.2 Å². The van der Waals surface area contributed by atoms with Crippen LogP contribution in [0.2, 0.25) is 5.02 Å². The number of halogens is 2. The van der Waals surface area contributed by atoms with Crippen molar-refractivity contribution >= 4 is 72.4 Å². The quantitative estimate of drug-likeness (QED) is 0.277. The molecule has 0 aliphatic carbocycles. The first-order chi connectivity index (χ1) is 15.9. The van der Waals surface area contributed by atoms with Gasteiger partial charge in [-0.05, 0) is 42.8 Å². The number of imide groups is 1. The van der Waals surface area contributed by atoms with Gasteiger partial charge in [0.2, 0.25) is 0 Å². The van der Waals surface area contributed by atoms with Crippen LogP contribution in [0.4, 0.5) is 5.69 Å². The molecule has 0 fully saturated rings. The minimum absolute atomic E-state index is 0.218. The highest BCUT2D eigenvalue weighted by Gasteiger charge is 2.38. The smallest absolute Gasteiger partial charge is 0.271 e. The molecule has 5 nitrogen and oxygen atoms in total. The summed E-state index contributed by atoms with van der Waals surface area (Å²) in [6, 6.07) is 19.7. The van der Waals surface area contributed by atoms with E-state index in [0.29, 0.717) is 26.7 Å². The molecular weight excluding hydrogens is 524 g/mol. The van der Waals surface area contributed by atoms with Crippen molar-refractivity contribution in [1.29, 1.82) is 0 Å². The van der Waals surface area contributed by atoms with Gasteiger partial charge in [-0.1, -0.05) is 63.9 Å². The van der Waals surface area contributed by atoms with Crippen molar-refractivity contribution in [3.8, 4) is 0 Å². The Morgan fingerprint density at radius 2 is 1.64 bits per heavy atom. The number of rotatable bonds is 4. The monoisotopic (exact) mass is 538 g/mol. The molecule has 8 heteroatoms. The number of anilines is 1. The first-order valence-electron chi connectivity index (χ1n) is 10.1. The largest absolute Gasteiger partial charge is 0.289 e. The van der Waals surface area contributed by atoms with E-state index in [-0.39, 0.29) is 12.6 Å². The lowest BCUT2D eigenvalue weighted by Gasteiger charge is -2.28. The van der Waals surface area contributed by atoms with E-state index in [2.05, 4.69) is 15.9 Å². The van der Waals surface area contributed by atoms with E-state index in [1.165, 1.54) is 16.2 Å². The van der Waals surface area contributed by atoms with E-state index in [0.717, 1.165) is 25.0 Å². The number of carbonyl (C=O) groups is 3. The fraction of sp³-hybridized carbons (Fsp3) is 0.0800. The van der Waals surface area contributed by atoms with Crippen LogP contribution < -0.4 is 4.90 Å². The maximum atomic E-state index is 13.8. The second kappa shape index (κ2) is 8.41. The highest BCUT2D eigenvalue weighted by atomic mass is 79.9. The highest BCUT2D eigenvalue weighted by Crippen LogP contribution is 2.38. The molecule has 0 spiro atoms. The third-order valence-electron chi connectivity index (χ3n) is 5.60. The molecule has 0 bridgehead atoms. The molecule has 3 amide bonds. The van der Waals surface area contributed by atoms with Crippen molar-refractivity contribution in [2.45, 2.75) is 6.92 Å². The number of para-hydroxylation sites is 1. The van der Waals surface area contributed by atoms with E-state index >= 15 is 0 Å². The zero-order valence-electron chi connectivity index (χ0n) is 17.3. The lowest BCUT2D eigenvalue weighted by atomic mass is 10.1. The number of fused-ring (bicyclic) bond motifs is 2. The van der Waals surface area contributed by atoms with Gasteiger partial charge >= 0.3 is 0 Å². The van der Waals surface area contributed by atoms with Gasteiger partial charge in [0.05, 0.1) is 16.1 Å². The molecule has 0 saturated carbocycles. The first-order valence-corrected chi connectivity index (χ1v) is 12.1. The average molecular weight is 540 g/mol. The molecule has 2 heterocycles. The van der Waals surface area contributed by atoms with Crippen LogP contribution in [-0.4, -0.2) is 29.3 Å². The predicted octanol–water partition coefficient (Wildman–Crippen LogP) is 6.53. The normalized spacial score (nSPS) is 13.0. The van der Waals surface area contributed by atoms with Crippen molar-refractivity contribution < 1.29 is 14.4 Å². The van der Waals surface area contributed by atoms with Crippen LogP contribution in [0.1, 0.15) is 36.0 Å². The van der Waals surface area contributed by atoms with Crippen molar-refractivity contribution in [2.24, 2.45) is 0 Å². The fourth-order valence-corrected chi connectivity index (χ4v) is 5.94. The van der Waals surface area contributed by atoms with Crippen molar-refractivity contribution in [1.82, 2.24) is 4.90 Å². The molecule has 0 atom stereocenters. The molecule has 33 heavy (non-hydrogen) atoms. The molecule has 1 aliphatic heterocycles. The van der Waals surface area contributed by atoms with Gasteiger partial charge in [0.25, 0.3) is 17.7 Å². The lowest BCUT2D eigenvalue weighted by molar-refractivity contribution is 0.0650. The minimum Gasteiger partial charge on any atom is -0.289 e. The van der Waals surface area contributed by atoms with Crippen LogP contribution in [-0.2, 0) is 0 Å². The second-order valence-electron chi connectivity index (χ2n) is 7.63. The number of thiophene rings is 1. The van der Waals surface area contributed by atoms with Crippen molar-refractivity contribution in [2.75, 3.05) is 11.6 Å². The molecular formula is C25H16BrClN2O3S. The Morgan fingerprint density at radius 3 is 2.30 bits per heavy atom. The van der Waals surface area contributed by atoms with E-state index < -0.39 is 11.8 Å². The third kappa shape index (κ3) is 3.66. The van der Waals surface area contributed by atoms with Gasteiger partial charge in [0, 0.05) is 20.2 Å². The Labute approximate surface area is 207 Å². The van der Waals surface area contributed by atoms with Gasteiger partial charge < -0.3 is 0 Å². The predicted molar refractivity (Wildman–Crippen MR) is 134 cm³/mol. The number of nitrogens with zero attached hydrogens (tertiary/aromatic N) is 2. The number of aryl methyl sites for hydroxylation is 1. The third-order valence-corrected chi connectivity index (χ3v) is 7.74. The molecule has 0 saturated heterocycles. The van der Waals surface area contributed by atoms with E-state index in [4.69, 9.17) is 11.6 Å². The zero-order chi connectivity index (χ0) is 23.3.